The summed E-state index contributed by atoms with van der Waals surface area (Å²) in [7, 11) is 0. The number of para-hydroxylation sites is 1. The smallest absolute Gasteiger partial charge is 0.287 e. The summed E-state index contributed by atoms with van der Waals surface area (Å²) < 4.78 is 18.6. The molecule has 7 nitrogen and oxygen atoms in total. The van der Waals surface area contributed by atoms with E-state index in [0.717, 1.165) is 0 Å². The van der Waals surface area contributed by atoms with Crippen LogP contribution in [-0.2, 0) is 4.79 Å². The molecule has 0 aliphatic carbocycles. The molecule has 0 saturated carbocycles. The molecule has 1 aromatic heterocycles. The van der Waals surface area contributed by atoms with E-state index in [1.54, 1.807) is 32.0 Å². The molecule has 0 fully saturated rings. The second-order valence-electron chi connectivity index (χ2n) is 5.72. The average molecular weight is 378 g/mol. The van der Waals surface area contributed by atoms with Gasteiger partial charge in [0.1, 0.15) is 11.9 Å². The third-order valence-electron chi connectivity index (χ3n) is 3.40. The molecular formula is C17H19FN4O3S. The SMILES string of the molecule is CC(C)[C@H](NC(=O)c1ccco1)C(=O)NNC(=S)Nc1ccccc1F. The van der Waals surface area contributed by atoms with Gasteiger partial charge < -0.3 is 15.1 Å². The Hall–Kier alpha value is -2.94. The third-order valence-corrected chi connectivity index (χ3v) is 3.61. The molecule has 1 aromatic carbocycles. The van der Waals surface area contributed by atoms with Gasteiger partial charge >= 0.3 is 0 Å². The molecule has 1 atom stereocenters. The fourth-order valence-corrected chi connectivity index (χ4v) is 2.23. The minimum atomic E-state index is -0.823. The van der Waals surface area contributed by atoms with Crippen molar-refractivity contribution in [3.8, 4) is 0 Å². The number of halogens is 1. The second kappa shape index (κ2) is 8.95. The van der Waals surface area contributed by atoms with Crippen molar-refractivity contribution in [2.75, 3.05) is 5.32 Å². The number of thiocarbonyl (C=S) groups is 1. The largest absolute Gasteiger partial charge is 0.459 e. The molecule has 0 unspecified atom stereocenters. The Kier molecular flexibility index (Phi) is 6.67. The van der Waals surface area contributed by atoms with Gasteiger partial charge in [-0.25, -0.2) is 4.39 Å². The Morgan fingerprint density at radius 3 is 2.46 bits per heavy atom. The number of hydrogen-bond acceptors (Lipinski definition) is 4. The topological polar surface area (TPSA) is 95.4 Å². The summed E-state index contributed by atoms with van der Waals surface area (Å²) in [6, 6.07) is 8.23. The van der Waals surface area contributed by atoms with E-state index in [2.05, 4.69) is 21.5 Å². The highest BCUT2D eigenvalue weighted by atomic mass is 32.1. The maximum atomic E-state index is 13.6. The number of hydrogen-bond donors (Lipinski definition) is 4. The Morgan fingerprint density at radius 2 is 1.85 bits per heavy atom. The molecule has 0 bridgehead atoms. The molecule has 2 aromatic rings. The van der Waals surface area contributed by atoms with E-state index >= 15 is 0 Å². The highest BCUT2D eigenvalue weighted by Crippen LogP contribution is 2.11. The lowest BCUT2D eigenvalue weighted by atomic mass is 10.0. The van der Waals surface area contributed by atoms with E-state index in [1.165, 1.54) is 24.5 Å². The van der Waals surface area contributed by atoms with Crippen LogP contribution in [-0.4, -0.2) is 23.0 Å². The lowest BCUT2D eigenvalue weighted by molar-refractivity contribution is -0.124. The van der Waals surface area contributed by atoms with E-state index < -0.39 is 23.7 Å². The van der Waals surface area contributed by atoms with E-state index in [-0.39, 0.29) is 22.5 Å². The molecule has 2 amide bonds. The Balaban J connectivity index is 1.90. The number of furan rings is 1. The fraction of sp³-hybridized carbons (Fsp3) is 0.235. The van der Waals surface area contributed by atoms with Crippen LogP contribution in [0, 0.1) is 11.7 Å². The third kappa shape index (κ3) is 5.28. The van der Waals surface area contributed by atoms with Crippen molar-refractivity contribution in [3.63, 3.8) is 0 Å². The van der Waals surface area contributed by atoms with Gasteiger partial charge in [-0.1, -0.05) is 26.0 Å². The zero-order chi connectivity index (χ0) is 19.1. The highest BCUT2D eigenvalue weighted by molar-refractivity contribution is 7.80. The summed E-state index contributed by atoms with van der Waals surface area (Å²) in [5, 5.41) is 5.22. The lowest BCUT2D eigenvalue weighted by Gasteiger charge is -2.22. The molecule has 9 heteroatoms. The summed E-state index contributed by atoms with van der Waals surface area (Å²) >= 11 is 5.01. The Morgan fingerprint density at radius 1 is 1.12 bits per heavy atom. The molecule has 0 saturated heterocycles. The predicted molar refractivity (Wildman–Crippen MR) is 98.7 cm³/mol. The number of carbonyl (C=O) groups is 2. The summed E-state index contributed by atoms with van der Waals surface area (Å²) in [4.78, 5) is 24.4. The van der Waals surface area contributed by atoms with Gasteiger partial charge in [-0.2, -0.15) is 0 Å². The van der Waals surface area contributed by atoms with Gasteiger partial charge in [0.05, 0.1) is 12.0 Å². The monoisotopic (exact) mass is 378 g/mol. The van der Waals surface area contributed by atoms with Crippen LogP contribution in [0.2, 0.25) is 0 Å². The zero-order valence-electron chi connectivity index (χ0n) is 14.2. The normalized spacial score (nSPS) is 11.5. The molecule has 0 radical (unpaired) electrons. The fourth-order valence-electron chi connectivity index (χ4n) is 2.07. The molecule has 0 spiro atoms. The van der Waals surface area contributed by atoms with E-state index in [9.17, 15) is 14.0 Å². The van der Waals surface area contributed by atoms with Crippen LogP contribution in [0.4, 0.5) is 10.1 Å². The molecular weight excluding hydrogens is 359 g/mol. The average Bonchev–Trinajstić information content (AvgIpc) is 3.14. The van der Waals surface area contributed by atoms with E-state index in [4.69, 9.17) is 16.6 Å². The first kappa shape index (κ1) is 19.4. The molecule has 2 rings (SSSR count). The molecule has 26 heavy (non-hydrogen) atoms. The van der Waals surface area contributed by atoms with Crippen molar-refractivity contribution < 1.29 is 18.4 Å². The van der Waals surface area contributed by atoms with Gasteiger partial charge in [0.25, 0.3) is 11.8 Å². The van der Waals surface area contributed by atoms with Crippen molar-refractivity contribution in [3.05, 3.63) is 54.2 Å². The van der Waals surface area contributed by atoms with Crippen molar-refractivity contribution >= 4 is 34.8 Å². The molecule has 0 aliphatic heterocycles. The Labute approximate surface area is 155 Å². The maximum Gasteiger partial charge on any atom is 0.287 e. The van der Waals surface area contributed by atoms with Crippen LogP contribution in [0.1, 0.15) is 24.4 Å². The van der Waals surface area contributed by atoms with Crippen LogP contribution in [0.15, 0.2) is 47.1 Å². The highest BCUT2D eigenvalue weighted by Gasteiger charge is 2.25. The van der Waals surface area contributed by atoms with Crippen LogP contribution >= 0.6 is 12.2 Å². The van der Waals surface area contributed by atoms with Gasteiger partial charge in [-0.15, -0.1) is 0 Å². The number of nitrogens with one attached hydrogen (secondary N) is 4. The quantitative estimate of drug-likeness (QED) is 0.471. The maximum absolute atomic E-state index is 13.6. The first-order chi connectivity index (χ1) is 12.4. The van der Waals surface area contributed by atoms with Crippen LogP contribution in [0.25, 0.3) is 0 Å². The summed E-state index contributed by atoms with van der Waals surface area (Å²) in [6.07, 6.45) is 1.37. The van der Waals surface area contributed by atoms with Gasteiger partial charge in [-0.05, 0) is 42.4 Å². The second-order valence-corrected chi connectivity index (χ2v) is 6.13. The van der Waals surface area contributed by atoms with Gasteiger partial charge in [-0.3, -0.25) is 20.4 Å². The number of hydrazine groups is 1. The predicted octanol–water partition coefficient (Wildman–Crippen LogP) is 2.19. The first-order valence-electron chi connectivity index (χ1n) is 7.84. The van der Waals surface area contributed by atoms with Gasteiger partial charge in [0, 0.05) is 0 Å². The van der Waals surface area contributed by atoms with Crippen molar-refractivity contribution in [1.82, 2.24) is 16.2 Å². The van der Waals surface area contributed by atoms with Crippen molar-refractivity contribution in [2.45, 2.75) is 19.9 Å². The van der Waals surface area contributed by atoms with Crippen LogP contribution in [0.3, 0.4) is 0 Å². The molecule has 138 valence electrons. The van der Waals surface area contributed by atoms with E-state index in [0.29, 0.717) is 0 Å². The van der Waals surface area contributed by atoms with Crippen molar-refractivity contribution in [2.24, 2.45) is 5.92 Å². The minimum Gasteiger partial charge on any atom is -0.459 e. The van der Waals surface area contributed by atoms with E-state index in [1.807, 2.05) is 0 Å². The van der Waals surface area contributed by atoms with Gasteiger partial charge in [0.2, 0.25) is 0 Å². The number of carbonyl (C=O) groups excluding carboxylic acids is 2. The first-order valence-corrected chi connectivity index (χ1v) is 8.25. The molecule has 1 heterocycles. The standard InChI is InChI=1S/C17H19FN4O3S/c1-10(2)14(20-15(23)13-8-5-9-25-13)16(24)21-22-17(26)19-12-7-4-3-6-11(12)18/h3-10,14H,1-2H3,(H,20,23)(H,21,24)(H2,19,22,26)/t14-/m0/s1. The lowest BCUT2D eigenvalue weighted by Crippen LogP contribution is -2.54. The number of amides is 2. The summed E-state index contributed by atoms with van der Waals surface area (Å²) in [5.41, 5.74) is 5.05. The van der Waals surface area contributed by atoms with Crippen LogP contribution in [0.5, 0.6) is 0 Å². The molecule has 4 N–H and O–H groups in total. The summed E-state index contributed by atoms with van der Waals surface area (Å²) in [5.74, 6) is -1.57. The van der Waals surface area contributed by atoms with Crippen molar-refractivity contribution in [1.29, 1.82) is 0 Å². The Bertz CT molecular complexity index is 780. The minimum absolute atomic E-state index is 0.00307. The zero-order valence-corrected chi connectivity index (χ0v) is 15.0. The number of anilines is 1. The molecule has 0 aliphatic rings. The van der Waals surface area contributed by atoms with Crippen LogP contribution < -0.4 is 21.5 Å². The number of rotatable bonds is 5. The summed E-state index contributed by atoms with van der Waals surface area (Å²) in [6.45, 7) is 3.56. The number of benzene rings is 1. The van der Waals surface area contributed by atoms with Gasteiger partial charge in [0.15, 0.2) is 10.9 Å².